The largest absolute Gasteiger partial charge is 0.351 e. The summed E-state index contributed by atoms with van der Waals surface area (Å²) in [6.07, 6.45) is 0.266. The minimum Gasteiger partial charge on any atom is -0.351 e. The molecule has 1 fully saturated rings. The van der Waals surface area contributed by atoms with Crippen LogP contribution in [0, 0.1) is 11.6 Å². The molecule has 1 aliphatic heterocycles. The number of nitrogens with zero attached hydrogens (tertiary/aromatic N) is 2. The number of primary amides is 1. The Hall–Kier alpha value is -3.37. The number of likely N-dealkylation sites (tertiary alicyclic amines) is 1. The van der Waals surface area contributed by atoms with Gasteiger partial charge in [-0.25, -0.2) is 18.0 Å². The molecule has 190 valence electrons. The maximum absolute atomic E-state index is 15.2. The highest BCUT2D eigenvalue weighted by Gasteiger charge is 2.48. The molecule has 2 atom stereocenters. The van der Waals surface area contributed by atoms with Crippen molar-refractivity contribution >= 4 is 40.2 Å². The summed E-state index contributed by atoms with van der Waals surface area (Å²) in [6.45, 7) is -0.799. The van der Waals surface area contributed by atoms with Gasteiger partial charge >= 0.3 is 6.03 Å². The number of halogens is 4. The zero-order valence-corrected chi connectivity index (χ0v) is 19.9. The lowest BCUT2D eigenvalue weighted by Gasteiger charge is -2.24. The van der Waals surface area contributed by atoms with Crippen LogP contribution in [-0.4, -0.2) is 52.0 Å². The number of carbonyl (C=O) groups is 3. The molecule has 4 rings (SSSR count). The highest BCUT2D eigenvalue weighted by molar-refractivity contribution is 6.30. The molecule has 0 radical (unpaired) electrons. The number of rotatable bonds is 7. The van der Waals surface area contributed by atoms with Gasteiger partial charge in [-0.15, -0.1) is 0 Å². The number of benzene rings is 2. The summed E-state index contributed by atoms with van der Waals surface area (Å²) in [4.78, 5) is 39.3. The normalized spacial score (nSPS) is 19.7. The molecule has 0 spiro atoms. The lowest BCUT2D eigenvalue weighted by molar-refractivity contribution is -0.137. The fourth-order valence-corrected chi connectivity index (χ4v) is 4.86. The Balaban J connectivity index is 1.56. The van der Waals surface area contributed by atoms with Crippen molar-refractivity contribution in [3.05, 3.63) is 70.4 Å². The Morgan fingerprint density at radius 3 is 2.56 bits per heavy atom. The van der Waals surface area contributed by atoms with Crippen LogP contribution >= 0.6 is 11.6 Å². The first-order valence-electron chi connectivity index (χ1n) is 11.3. The van der Waals surface area contributed by atoms with E-state index >= 15 is 4.39 Å². The van der Waals surface area contributed by atoms with Crippen molar-refractivity contribution in [2.45, 2.75) is 37.4 Å². The van der Waals surface area contributed by atoms with Crippen molar-refractivity contribution in [2.75, 3.05) is 13.1 Å². The average molecular weight is 521 g/mol. The van der Waals surface area contributed by atoms with Crippen LogP contribution in [0.3, 0.4) is 0 Å². The van der Waals surface area contributed by atoms with E-state index < -0.39 is 54.2 Å². The van der Waals surface area contributed by atoms with Crippen LogP contribution < -0.4 is 11.5 Å². The van der Waals surface area contributed by atoms with Gasteiger partial charge in [-0.1, -0.05) is 29.8 Å². The minimum absolute atomic E-state index is 0.219. The molecule has 2 aromatic carbocycles. The Morgan fingerprint density at radius 2 is 1.86 bits per heavy atom. The summed E-state index contributed by atoms with van der Waals surface area (Å²) in [6, 6.07) is 7.03. The molecule has 3 aromatic rings. The SMILES string of the molecule is NC[C@@]1(F)C[C@@H](C(=O)CCc2c(F)ccc(Cl)c2F)N(C(=O)Cc2cn(C(N)=O)c3ccccc23)C1. The highest BCUT2D eigenvalue weighted by atomic mass is 35.5. The van der Waals surface area contributed by atoms with E-state index in [1.807, 2.05) is 0 Å². The molecule has 1 aliphatic rings. The van der Waals surface area contributed by atoms with Crippen molar-refractivity contribution < 1.29 is 27.6 Å². The van der Waals surface area contributed by atoms with E-state index in [0.717, 1.165) is 17.0 Å². The lowest BCUT2D eigenvalue weighted by Crippen LogP contribution is -2.42. The van der Waals surface area contributed by atoms with E-state index in [9.17, 15) is 23.2 Å². The van der Waals surface area contributed by atoms with Crippen LogP contribution in [0.5, 0.6) is 0 Å². The van der Waals surface area contributed by atoms with Crippen LogP contribution in [0.1, 0.15) is 24.0 Å². The quantitative estimate of drug-likeness (QED) is 0.464. The van der Waals surface area contributed by atoms with Gasteiger partial charge in [0.15, 0.2) is 5.78 Å². The molecule has 0 aliphatic carbocycles. The second-order valence-electron chi connectivity index (χ2n) is 8.94. The smallest absolute Gasteiger partial charge is 0.323 e. The fraction of sp³-hybridized carbons (Fsp3) is 0.320. The average Bonchev–Trinajstić information content (AvgIpc) is 3.40. The number of Topliss-reactive ketones (excluding diaryl/α,β-unsaturated/α-hetero) is 1. The van der Waals surface area contributed by atoms with E-state index in [4.69, 9.17) is 23.1 Å². The van der Waals surface area contributed by atoms with Crippen molar-refractivity contribution in [1.29, 1.82) is 0 Å². The summed E-state index contributed by atoms with van der Waals surface area (Å²) < 4.78 is 44.8. The van der Waals surface area contributed by atoms with E-state index in [2.05, 4.69) is 0 Å². The Bertz CT molecular complexity index is 1360. The van der Waals surface area contributed by atoms with Crippen molar-refractivity contribution in [2.24, 2.45) is 11.5 Å². The number of aromatic nitrogens is 1. The second kappa shape index (κ2) is 9.94. The summed E-state index contributed by atoms with van der Waals surface area (Å²) in [5.41, 5.74) is 9.67. The van der Waals surface area contributed by atoms with E-state index in [-0.39, 0.29) is 36.3 Å². The van der Waals surface area contributed by atoms with E-state index in [0.29, 0.717) is 16.5 Å². The number of nitrogens with two attached hydrogens (primary N) is 2. The summed E-state index contributed by atoms with van der Waals surface area (Å²) in [7, 11) is 0. The third-order valence-corrected chi connectivity index (χ3v) is 6.87. The topological polar surface area (TPSA) is 111 Å². The van der Waals surface area contributed by atoms with E-state index in [1.54, 1.807) is 24.3 Å². The molecule has 4 N–H and O–H groups in total. The molecule has 0 bridgehead atoms. The number of ketones is 1. The van der Waals surface area contributed by atoms with Crippen LogP contribution in [0.25, 0.3) is 10.9 Å². The number of alkyl halides is 1. The third kappa shape index (κ3) is 4.83. The predicted molar refractivity (Wildman–Crippen MR) is 128 cm³/mol. The number of hydrogen-bond acceptors (Lipinski definition) is 4. The van der Waals surface area contributed by atoms with Gasteiger partial charge in [-0.3, -0.25) is 14.2 Å². The van der Waals surface area contributed by atoms with E-state index in [1.165, 1.54) is 10.8 Å². The molecule has 36 heavy (non-hydrogen) atoms. The fourth-order valence-electron chi connectivity index (χ4n) is 4.69. The van der Waals surface area contributed by atoms with Crippen LogP contribution in [0.15, 0.2) is 42.6 Å². The summed E-state index contributed by atoms with van der Waals surface area (Å²) in [5.74, 6) is -2.91. The first-order valence-corrected chi connectivity index (χ1v) is 11.6. The molecule has 2 amide bonds. The first kappa shape index (κ1) is 25.7. The molecular weight excluding hydrogens is 497 g/mol. The third-order valence-electron chi connectivity index (χ3n) is 6.58. The Labute approximate surface area is 209 Å². The van der Waals surface area contributed by atoms with Gasteiger partial charge in [0.05, 0.1) is 29.5 Å². The van der Waals surface area contributed by atoms with Crippen LogP contribution in [-0.2, 0) is 22.4 Å². The number of para-hydroxylation sites is 1. The Kier molecular flexibility index (Phi) is 7.10. The molecule has 0 unspecified atom stereocenters. The maximum atomic E-state index is 15.2. The standard InChI is InChI=1S/C25H24ClF3N4O3/c26-17-6-7-18(27)16(23(17)28)5-8-21(34)20-10-25(29,12-30)13-33(20)22(35)9-14-11-32(24(31)36)19-4-2-1-3-15(14)19/h1-4,6-7,11,20H,5,8-10,12-13,30H2,(H2,31,36)/t20-,25-/m0/s1. The Morgan fingerprint density at radius 1 is 1.14 bits per heavy atom. The van der Waals surface area contributed by atoms with Gasteiger partial charge in [0.2, 0.25) is 5.91 Å². The first-order chi connectivity index (χ1) is 17.0. The molecule has 11 heteroatoms. The monoisotopic (exact) mass is 520 g/mol. The van der Waals surface area contributed by atoms with Crippen LogP contribution in [0.2, 0.25) is 5.02 Å². The summed E-state index contributed by atoms with van der Waals surface area (Å²) in [5, 5.41) is 0.335. The predicted octanol–water partition coefficient (Wildman–Crippen LogP) is 3.51. The van der Waals surface area contributed by atoms with Crippen molar-refractivity contribution in [1.82, 2.24) is 9.47 Å². The number of fused-ring (bicyclic) bond motifs is 1. The van der Waals surface area contributed by atoms with Gasteiger partial charge in [-0.2, -0.15) is 0 Å². The molecule has 2 heterocycles. The second-order valence-corrected chi connectivity index (χ2v) is 9.35. The number of hydrogen-bond donors (Lipinski definition) is 2. The van der Waals surface area contributed by atoms with Gasteiger partial charge < -0.3 is 16.4 Å². The van der Waals surface area contributed by atoms with Gasteiger partial charge in [-0.05, 0) is 30.2 Å². The van der Waals surface area contributed by atoms with Gasteiger partial charge in [0.25, 0.3) is 0 Å². The zero-order valence-electron chi connectivity index (χ0n) is 19.1. The van der Waals surface area contributed by atoms with Gasteiger partial charge in [0, 0.05) is 36.5 Å². The zero-order chi connectivity index (χ0) is 26.2. The lowest BCUT2D eigenvalue weighted by atomic mass is 9.96. The minimum atomic E-state index is -1.98. The molecule has 1 aromatic heterocycles. The molecule has 7 nitrogen and oxygen atoms in total. The van der Waals surface area contributed by atoms with Gasteiger partial charge in [0.1, 0.15) is 17.3 Å². The van der Waals surface area contributed by atoms with Crippen LogP contribution in [0.4, 0.5) is 18.0 Å². The molecular formula is C25H24ClF3N4O3. The molecule has 0 saturated carbocycles. The van der Waals surface area contributed by atoms with Crippen molar-refractivity contribution in [3.63, 3.8) is 0 Å². The summed E-state index contributed by atoms with van der Waals surface area (Å²) >= 11 is 5.72. The van der Waals surface area contributed by atoms with Crippen molar-refractivity contribution in [3.8, 4) is 0 Å². The number of carbonyl (C=O) groups excluding carboxylic acids is 3. The highest BCUT2D eigenvalue weighted by Crippen LogP contribution is 2.33. The molecule has 1 saturated heterocycles. The number of amides is 2. The maximum Gasteiger partial charge on any atom is 0.323 e.